The van der Waals surface area contributed by atoms with Crippen molar-refractivity contribution in [3.63, 3.8) is 0 Å². The van der Waals surface area contributed by atoms with Crippen molar-refractivity contribution in [3.8, 4) is 24.7 Å². The molecule has 0 aliphatic heterocycles. The van der Waals surface area contributed by atoms with Gasteiger partial charge in [0, 0.05) is 0 Å². The SMILES string of the molecule is C#CC(CC)OC(=O)C(=O)OC(C#C)CC. The molecule has 0 amide bonds. The molecular formula is C12H14O4. The van der Waals surface area contributed by atoms with E-state index in [4.69, 9.17) is 12.8 Å². The van der Waals surface area contributed by atoms with Gasteiger partial charge >= 0.3 is 11.9 Å². The third-order valence-corrected chi connectivity index (χ3v) is 1.78. The molecule has 86 valence electrons. The third-order valence-electron chi connectivity index (χ3n) is 1.78. The highest BCUT2D eigenvalue weighted by molar-refractivity contribution is 6.29. The van der Waals surface area contributed by atoms with Crippen LogP contribution < -0.4 is 0 Å². The minimum atomic E-state index is -1.11. The number of hydrogen-bond donors (Lipinski definition) is 0. The molecular weight excluding hydrogens is 208 g/mol. The molecule has 0 saturated heterocycles. The number of terminal acetylenes is 2. The van der Waals surface area contributed by atoms with Gasteiger partial charge in [0.25, 0.3) is 0 Å². The Kier molecular flexibility index (Phi) is 6.47. The molecule has 4 heteroatoms. The Morgan fingerprint density at radius 1 is 1.00 bits per heavy atom. The smallest absolute Gasteiger partial charge is 0.418 e. The fourth-order valence-electron chi connectivity index (χ4n) is 0.825. The van der Waals surface area contributed by atoms with Gasteiger partial charge < -0.3 is 9.47 Å². The first kappa shape index (κ1) is 14.1. The zero-order valence-electron chi connectivity index (χ0n) is 9.36. The molecule has 0 radical (unpaired) electrons. The van der Waals surface area contributed by atoms with Crippen molar-refractivity contribution in [1.82, 2.24) is 0 Å². The van der Waals surface area contributed by atoms with E-state index in [0.717, 1.165) is 0 Å². The maximum atomic E-state index is 11.2. The molecule has 2 unspecified atom stereocenters. The number of carbonyl (C=O) groups excluding carboxylic acids is 2. The number of ether oxygens (including phenoxy) is 2. The zero-order chi connectivity index (χ0) is 12.6. The molecule has 2 atom stereocenters. The topological polar surface area (TPSA) is 52.6 Å². The van der Waals surface area contributed by atoms with Crippen LogP contribution in [0.4, 0.5) is 0 Å². The highest BCUT2D eigenvalue weighted by Gasteiger charge is 2.22. The van der Waals surface area contributed by atoms with Crippen LogP contribution >= 0.6 is 0 Å². The molecule has 0 spiro atoms. The summed E-state index contributed by atoms with van der Waals surface area (Å²) in [6.45, 7) is 3.47. The van der Waals surface area contributed by atoms with Crippen LogP contribution in [-0.4, -0.2) is 24.1 Å². The summed E-state index contributed by atoms with van der Waals surface area (Å²) in [7, 11) is 0. The van der Waals surface area contributed by atoms with Gasteiger partial charge in [-0.2, -0.15) is 0 Å². The summed E-state index contributed by atoms with van der Waals surface area (Å²) in [5.74, 6) is 2.23. The minimum Gasteiger partial charge on any atom is -0.441 e. The largest absolute Gasteiger partial charge is 0.441 e. The first-order chi connectivity index (χ1) is 7.58. The molecule has 16 heavy (non-hydrogen) atoms. The Labute approximate surface area is 95.3 Å². The molecule has 0 saturated carbocycles. The lowest BCUT2D eigenvalue weighted by Gasteiger charge is -2.11. The van der Waals surface area contributed by atoms with Crippen molar-refractivity contribution in [3.05, 3.63) is 0 Å². The van der Waals surface area contributed by atoms with Crippen LogP contribution in [0.2, 0.25) is 0 Å². The molecule has 0 aliphatic carbocycles. The fraction of sp³-hybridized carbons (Fsp3) is 0.500. The van der Waals surface area contributed by atoms with Crippen LogP contribution in [0.15, 0.2) is 0 Å². The van der Waals surface area contributed by atoms with Gasteiger partial charge in [0.15, 0.2) is 12.2 Å². The Morgan fingerprint density at radius 2 is 1.31 bits per heavy atom. The second-order valence-electron chi connectivity index (χ2n) is 2.94. The van der Waals surface area contributed by atoms with E-state index in [0.29, 0.717) is 12.8 Å². The average Bonchev–Trinajstić information content (AvgIpc) is 2.32. The van der Waals surface area contributed by atoms with Crippen LogP contribution in [0.5, 0.6) is 0 Å². The van der Waals surface area contributed by atoms with E-state index in [2.05, 4.69) is 21.3 Å². The minimum absolute atomic E-state index is 0.432. The van der Waals surface area contributed by atoms with E-state index in [-0.39, 0.29) is 0 Å². The van der Waals surface area contributed by atoms with Crippen molar-refractivity contribution in [2.45, 2.75) is 38.9 Å². The second-order valence-corrected chi connectivity index (χ2v) is 2.94. The van der Waals surface area contributed by atoms with E-state index < -0.39 is 24.1 Å². The van der Waals surface area contributed by atoms with Crippen molar-refractivity contribution in [2.24, 2.45) is 0 Å². The number of carbonyl (C=O) groups is 2. The maximum absolute atomic E-state index is 11.2. The normalized spacial score (nSPS) is 12.8. The van der Waals surface area contributed by atoms with Gasteiger partial charge in [-0.1, -0.05) is 25.7 Å². The maximum Gasteiger partial charge on any atom is 0.418 e. The number of esters is 2. The van der Waals surface area contributed by atoms with Crippen LogP contribution in [0, 0.1) is 24.7 Å². The summed E-state index contributed by atoms with van der Waals surface area (Å²) in [4.78, 5) is 22.4. The van der Waals surface area contributed by atoms with Gasteiger partial charge in [0.05, 0.1) is 0 Å². The summed E-state index contributed by atoms with van der Waals surface area (Å²) in [5.41, 5.74) is 0. The predicted octanol–water partition coefficient (Wildman–Crippen LogP) is 0.896. The molecule has 0 aromatic carbocycles. The second kappa shape index (κ2) is 7.36. The van der Waals surface area contributed by atoms with Crippen molar-refractivity contribution in [1.29, 1.82) is 0 Å². The zero-order valence-corrected chi connectivity index (χ0v) is 9.36. The fourth-order valence-corrected chi connectivity index (χ4v) is 0.825. The Morgan fingerprint density at radius 3 is 1.50 bits per heavy atom. The van der Waals surface area contributed by atoms with Gasteiger partial charge in [-0.15, -0.1) is 12.8 Å². The van der Waals surface area contributed by atoms with Crippen LogP contribution in [0.1, 0.15) is 26.7 Å². The Hall–Kier alpha value is -1.94. The molecule has 0 bridgehead atoms. The van der Waals surface area contributed by atoms with E-state index in [1.165, 1.54) is 0 Å². The highest BCUT2D eigenvalue weighted by Crippen LogP contribution is 2.01. The molecule has 0 rings (SSSR count). The summed E-state index contributed by atoms with van der Waals surface area (Å²) in [6, 6.07) is 0. The third kappa shape index (κ3) is 4.52. The lowest BCUT2D eigenvalue weighted by Crippen LogP contribution is -2.28. The summed E-state index contributed by atoms with van der Waals surface area (Å²) >= 11 is 0. The number of rotatable bonds is 4. The summed E-state index contributed by atoms with van der Waals surface area (Å²) in [6.07, 6.45) is 9.58. The Bertz CT molecular complexity index is 298. The first-order valence-corrected chi connectivity index (χ1v) is 4.92. The number of hydrogen-bond acceptors (Lipinski definition) is 4. The first-order valence-electron chi connectivity index (χ1n) is 4.92. The van der Waals surface area contributed by atoms with E-state index in [1.54, 1.807) is 13.8 Å². The monoisotopic (exact) mass is 222 g/mol. The molecule has 0 fully saturated rings. The molecule has 0 aromatic heterocycles. The highest BCUT2D eigenvalue weighted by atomic mass is 16.6. The van der Waals surface area contributed by atoms with E-state index in [9.17, 15) is 9.59 Å². The average molecular weight is 222 g/mol. The van der Waals surface area contributed by atoms with Gasteiger partial charge in [-0.05, 0) is 12.8 Å². The van der Waals surface area contributed by atoms with E-state index >= 15 is 0 Å². The standard InChI is InChI=1S/C12H14O4/c1-5-9(6-2)15-11(13)12(14)16-10(7-3)8-4/h1,3,9-10H,6,8H2,2,4H3. The van der Waals surface area contributed by atoms with Crippen LogP contribution in [-0.2, 0) is 19.1 Å². The van der Waals surface area contributed by atoms with Gasteiger partial charge in [0.2, 0.25) is 0 Å². The van der Waals surface area contributed by atoms with E-state index in [1.807, 2.05) is 0 Å². The lowest BCUT2D eigenvalue weighted by molar-refractivity contribution is -0.171. The summed E-state index contributed by atoms with van der Waals surface area (Å²) in [5, 5.41) is 0. The molecule has 4 nitrogen and oxygen atoms in total. The summed E-state index contributed by atoms with van der Waals surface area (Å²) < 4.78 is 9.36. The quantitative estimate of drug-likeness (QED) is 0.403. The Balaban J connectivity index is 4.26. The van der Waals surface area contributed by atoms with Crippen molar-refractivity contribution < 1.29 is 19.1 Å². The van der Waals surface area contributed by atoms with Crippen LogP contribution in [0.3, 0.4) is 0 Å². The molecule has 0 N–H and O–H groups in total. The van der Waals surface area contributed by atoms with Crippen molar-refractivity contribution >= 4 is 11.9 Å². The van der Waals surface area contributed by atoms with Crippen molar-refractivity contribution in [2.75, 3.05) is 0 Å². The molecule has 0 aliphatic rings. The van der Waals surface area contributed by atoms with Gasteiger partial charge in [-0.25, -0.2) is 9.59 Å². The molecule has 0 aromatic rings. The van der Waals surface area contributed by atoms with Gasteiger partial charge in [-0.3, -0.25) is 0 Å². The predicted molar refractivity (Wildman–Crippen MR) is 58.0 cm³/mol. The molecule has 0 heterocycles. The van der Waals surface area contributed by atoms with Crippen LogP contribution in [0.25, 0.3) is 0 Å². The van der Waals surface area contributed by atoms with Gasteiger partial charge in [0.1, 0.15) is 0 Å². The lowest BCUT2D eigenvalue weighted by atomic mass is 10.3.